The minimum Gasteiger partial charge on any atom is -0.490 e. The van der Waals surface area contributed by atoms with Gasteiger partial charge in [-0.2, -0.15) is 0 Å². The molecule has 0 bridgehead atoms. The summed E-state index contributed by atoms with van der Waals surface area (Å²) in [4.78, 5) is 45.5. The van der Waals surface area contributed by atoms with Gasteiger partial charge in [-0.3, -0.25) is 9.59 Å². The number of carboxylic acid groups (broad SMARTS) is 2. The number of rotatable bonds is 13. The monoisotopic (exact) mass is 663 g/mol. The van der Waals surface area contributed by atoms with Crippen LogP contribution in [0.3, 0.4) is 0 Å². The van der Waals surface area contributed by atoms with Gasteiger partial charge >= 0.3 is 17.9 Å². The van der Waals surface area contributed by atoms with Crippen molar-refractivity contribution in [3.63, 3.8) is 0 Å². The average Bonchev–Trinajstić information content (AvgIpc) is 3.10. The van der Waals surface area contributed by atoms with Crippen LogP contribution in [0.4, 0.5) is 0 Å². The van der Waals surface area contributed by atoms with Crippen LogP contribution < -0.4 is 15.5 Å². The predicted octanol–water partition coefficient (Wildman–Crippen LogP) is 6.29. The Morgan fingerprint density at radius 3 is 1.86 bits per heavy atom. The minimum atomic E-state index is -1.26. The maximum Gasteiger partial charge on any atom is 0.328 e. The number of esters is 1. The van der Waals surface area contributed by atoms with Crippen molar-refractivity contribution >= 4 is 28.9 Å². The van der Waals surface area contributed by atoms with E-state index < -0.39 is 24.0 Å². The molecule has 0 radical (unpaired) electrons. The molecule has 0 saturated carbocycles. The summed E-state index contributed by atoms with van der Waals surface area (Å²) in [6.07, 6.45) is 0.559. The van der Waals surface area contributed by atoms with Crippen molar-refractivity contribution in [2.45, 2.75) is 31.9 Å². The van der Waals surface area contributed by atoms with Gasteiger partial charge in [0.15, 0.2) is 5.43 Å². The highest BCUT2D eigenvalue weighted by atomic mass is 16.6. The molecule has 0 aliphatic heterocycles. The van der Waals surface area contributed by atoms with Gasteiger partial charge in [0.25, 0.3) is 0 Å². The molecule has 1 heterocycles. The van der Waals surface area contributed by atoms with Crippen molar-refractivity contribution in [2.75, 3.05) is 13.2 Å². The molecular weight excluding hydrogens is 626 g/mol. The van der Waals surface area contributed by atoms with E-state index in [0.29, 0.717) is 41.2 Å². The highest BCUT2D eigenvalue weighted by molar-refractivity contribution is 5.89. The first-order chi connectivity index (χ1) is 23.6. The van der Waals surface area contributed by atoms with E-state index in [1.165, 1.54) is 6.07 Å². The molecule has 5 aromatic rings. The zero-order valence-electron chi connectivity index (χ0n) is 27.0. The number of ether oxygens (including phenoxy) is 2. The predicted molar refractivity (Wildman–Crippen MR) is 186 cm³/mol. The summed E-state index contributed by atoms with van der Waals surface area (Å²) in [5, 5.41) is 19.4. The van der Waals surface area contributed by atoms with Crippen molar-refractivity contribution in [1.82, 2.24) is 5.32 Å². The molecule has 1 aromatic heterocycles. The fourth-order valence-corrected chi connectivity index (χ4v) is 4.79. The minimum absolute atomic E-state index is 0.121. The van der Waals surface area contributed by atoms with E-state index in [0.717, 1.165) is 16.7 Å². The number of carbonyl (C=O) groups is 3. The Morgan fingerprint density at radius 1 is 0.776 bits per heavy atom. The first-order valence-corrected chi connectivity index (χ1v) is 15.5. The summed E-state index contributed by atoms with van der Waals surface area (Å²) < 4.78 is 18.3. The van der Waals surface area contributed by atoms with Crippen LogP contribution in [0.1, 0.15) is 30.9 Å². The van der Waals surface area contributed by atoms with E-state index in [9.17, 15) is 19.2 Å². The Kier molecular flexibility index (Phi) is 13.0. The maximum atomic E-state index is 13.6. The van der Waals surface area contributed by atoms with Crippen molar-refractivity contribution in [2.24, 2.45) is 0 Å². The standard InChI is InChI=1S/C35H33NO5.C4H4O4/c1-24(2)36-22-29(40-35(38)34(26-14-8-4-9-15-26)27-16-10-5-11-17-27)23-39-28-18-19-30-31(37)21-32(41-33(30)20-28)25-12-6-3-7-13-25;5-3(6)1-2-4(7)8/h3-21,24,29,34,36H,22-23H2,1-2H3;1-2H,(H,5,6)(H,7,8)/b;2-1-. The van der Waals surface area contributed by atoms with E-state index in [1.54, 1.807) is 18.2 Å². The maximum absolute atomic E-state index is 13.6. The first kappa shape index (κ1) is 35.8. The summed E-state index contributed by atoms with van der Waals surface area (Å²) in [6, 6.07) is 35.6. The molecule has 10 nitrogen and oxygen atoms in total. The molecule has 1 atom stereocenters. The number of nitrogens with one attached hydrogen (secondary N) is 1. The quantitative estimate of drug-likeness (QED) is 0.0968. The highest BCUT2D eigenvalue weighted by Gasteiger charge is 2.27. The SMILES string of the molecule is CC(C)NCC(COc1ccc2c(=O)cc(-c3ccccc3)oc2c1)OC(=O)C(c1ccccc1)c1ccccc1.O=C(O)/C=C\C(=O)O. The molecule has 0 fully saturated rings. The van der Waals surface area contributed by atoms with Gasteiger partial charge in [-0.05, 0) is 23.3 Å². The van der Waals surface area contributed by atoms with Crippen LogP contribution in [0.2, 0.25) is 0 Å². The topological polar surface area (TPSA) is 152 Å². The number of hydrogen-bond donors (Lipinski definition) is 3. The van der Waals surface area contributed by atoms with Gasteiger partial charge in [-0.1, -0.05) is 105 Å². The molecule has 0 saturated heterocycles. The van der Waals surface area contributed by atoms with E-state index in [2.05, 4.69) is 5.32 Å². The third-order valence-corrected chi connectivity index (χ3v) is 7.10. The van der Waals surface area contributed by atoms with Crippen LogP contribution in [0, 0.1) is 0 Å². The van der Waals surface area contributed by atoms with E-state index in [1.807, 2.05) is 105 Å². The van der Waals surface area contributed by atoms with E-state index in [4.69, 9.17) is 24.1 Å². The van der Waals surface area contributed by atoms with Gasteiger partial charge in [-0.25, -0.2) is 9.59 Å². The number of aliphatic carboxylic acids is 2. The molecule has 252 valence electrons. The second-order valence-corrected chi connectivity index (χ2v) is 11.2. The van der Waals surface area contributed by atoms with Gasteiger partial charge in [0, 0.05) is 42.4 Å². The van der Waals surface area contributed by atoms with Gasteiger partial charge in [0.1, 0.15) is 35.7 Å². The molecular formula is C39H37NO9. The molecule has 1 unspecified atom stereocenters. The molecule has 0 spiro atoms. The number of hydrogen-bond acceptors (Lipinski definition) is 8. The lowest BCUT2D eigenvalue weighted by atomic mass is 9.91. The smallest absolute Gasteiger partial charge is 0.328 e. The molecule has 0 aliphatic rings. The van der Waals surface area contributed by atoms with Crippen LogP contribution >= 0.6 is 0 Å². The van der Waals surface area contributed by atoms with Crippen molar-refractivity contribution < 1.29 is 38.5 Å². The molecule has 3 N–H and O–H groups in total. The van der Waals surface area contributed by atoms with Gasteiger partial charge in [0.05, 0.1) is 5.39 Å². The highest BCUT2D eigenvalue weighted by Crippen LogP contribution is 2.28. The fraction of sp³-hybridized carbons (Fsp3) is 0.179. The van der Waals surface area contributed by atoms with Crippen LogP contribution in [-0.4, -0.2) is 53.4 Å². The summed E-state index contributed by atoms with van der Waals surface area (Å²) in [7, 11) is 0. The summed E-state index contributed by atoms with van der Waals surface area (Å²) in [5.74, 6) is -2.43. The number of benzene rings is 4. The Bertz CT molecular complexity index is 1870. The van der Waals surface area contributed by atoms with Crippen LogP contribution in [0.5, 0.6) is 5.75 Å². The summed E-state index contributed by atoms with van der Waals surface area (Å²) in [5.41, 5.74) is 2.84. The molecule has 4 aromatic carbocycles. The average molecular weight is 664 g/mol. The lowest BCUT2D eigenvalue weighted by Crippen LogP contribution is -2.39. The second kappa shape index (κ2) is 17.8. The fourth-order valence-electron chi connectivity index (χ4n) is 4.79. The molecule has 0 amide bonds. The van der Waals surface area contributed by atoms with Crippen LogP contribution in [0.25, 0.3) is 22.3 Å². The van der Waals surface area contributed by atoms with Crippen molar-refractivity contribution in [3.05, 3.63) is 149 Å². The first-order valence-electron chi connectivity index (χ1n) is 15.5. The van der Waals surface area contributed by atoms with Crippen molar-refractivity contribution in [1.29, 1.82) is 0 Å². The number of fused-ring (bicyclic) bond motifs is 1. The Balaban J connectivity index is 0.000000603. The van der Waals surface area contributed by atoms with Gasteiger partial charge < -0.3 is 29.4 Å². The molecule has 5 rings (SSSR count). The zero-order valence-corrected chi connectivity index (χ0v) is 27.0. The molecule has 10 heteroatoms. The largest absolute Gasteiger partial charge is 0.490 e. The van der Waals surface area contributed by atoms with Crippen LogP contribution in [0.15, 0.2) is 137 Å². The molecule has 49 heavy (non-hydrogen) atoms. The Labute approximate surface area is 283 Å². The zero-order chi connectivity index (χ0) is 35.2. The number of carboxylic acids is 2. The van der Waals surface area contributed by atoms with Crippen LogP contribution in [-0.2, 0) is 19.1 Å². The second-order valence-electron chi connectivity index (χ2n) is 11.2. The lowest BCUT2D eigenvalue weighted by molar-refractivity contribution is -0.151. The van der Waals surface area contributed by atoms with Crippen molar-refractivity contribution in [3.8, 4) is 17.1 Å². The number of carbonyl (C=O) groups excluding carboxylic acids is 1. The lowest BCUT2D eigenvalue weighted by Gasteiger charge is -2.24. The van der Waals surface area contributed by atoms with E-state index >= 15 is 0 Å². The normalized spacial score (nSPS) is 11.6. The third kappa shape index (κ3) is 11.0. The molecule has 0 aliphatic carbocycles. The van der Waals surface area contributed by atoms with Gasteiger partial charge in [-0.15, -0.1) is 0 Å². The summed E-state index contributed by atoms with van der Waals surface area (Å²) in [6.45, 7) is 4.61. The third-order valence-electron chi connectivity index (χ3n) is 7.10. The Morgan fingerprint density at radius 2 is 1.33 bits per heavy atom. The Hall–Kier alpha value is -6.00. The van der Waals surface area contributed by atoms with E-state index in [-0.39, 0.29) is 24.0 Å². The van der Waals surface area contributed by atoms with Gasteiger partial charge in [0.2, 0.25) is 0 Å². The summed E-state index contributed by atoms with van der Waals surface area (Å²) >= 11 is 0.